The zero-order valence-corrected chi connectivity index (χ0v) is 22.4. The summed E-state index contributed by atoms with van der Waals surface area (Å²) in [6.07, 6.45) is 2.23. The summed E-state index contributed by atoms with van der Waals surface area (Å²) in [5.74, 6) is 3.40. The fourth-order valence-electron chi connectivity index (χ4n) is 7.68. The van der Waals surface area contributed by atoms with Gasteiger partial charge in [-0.15, -0.1) is 14.1 Å². The van der Waals surface area contributed by atoms with Crippen molar-refractivity contribution in [1.82, 2.24) is 9.13 Å². The third-order valence-electron chi connectivity index (χ3n) is 9.27. The molecule has 42 heavy (non-hydrogen) atoms. The quantitative estimate of drug-likeness (QED) is 0.264. The summed E-state index contributed by atoms with van der Waals surface area (Å²) in [5, 5.41) is 4.36. The molecule has 2 aromatic heterocycles. The molecule has 0 saturated heterocycles. The lowest BCUT2D eigenvalue weighted by atomic mass is 10.1. The van der Waals surface area contributed by atoms with Crippen molar-refractivity contribution < 1.29 is 9.15 Å². The molecular formula is C34H20N8+2. The van der Waals surface area contributed by atoms with Crippen LogP contribution in [-0.2, 0) is 5.91 Å². The van der Waals surface area contributed by atoms with Gasteiger partial charge in [0.1, 0.15) is 0 Å². The summed E-state index contributed by atoms with van der Waals surface area (Å²) >= 11 is 0. The Balaban J connectivity index is 1.47. The molecule has 0 amide bonds. The van der Waals surface area contributed by atoms with E-state index in [1.54, 1.807) is 0 Å². The van der Waals surface area contributed by atoms with Crippen molar-refractivity contribution in [2.24, 2.45) is 20.0 Å². The Morgan fingerprint density at radius 3 is 1.90 bits per heavy atom. The van der Waals surface area contributed by atoms with Crippen molar-refractivity contribution in [2.45, 2.75) is 5.91 Å². The molecule has 0 fully saturated rings. The molecule has 1 atom stereocenters. The molecule has 5 aliphatic heterocycles. The van der Waals surface area contributed by atoms with Crippen LogP contribution in [0.3, 0.4) is 0 Å². The van der Waals surface area contributed by atoms with Crippen LogP contribution in [-0.4, -0.2) is 48.7 Å². The highest BCUT2D eigenvalue weighted by Crippen LogP contribution is 2.45. The van der Waals surface area contributed by atoms with Crippen LogP contribution in [0, 0.1) is 0 Å². The number of benzene rings is 4. The van der Waals surface area contributed by atoms with Crippen molar-refractivity contribution in [3.05, 3.63) is 136 Å². The molecule has 8 nitrogen and oxygen atoms in total. The molecule has 8 heteroatoms. The molecule has 7 heterocycles. The predicted molar refractivity (Wildman–Crippen MR) is 160 cm³/mol. The second kappa shape index (κ2) is 6.75. The Kier molecular flexibility index (Phi) is 3.38. The van der Waals surface area contributed by atoms with Gasteiger partial charge < -0.3 is 0 Å². The first kappa shape index (κ1) is 21.0. The van der Waals surface area contributed by atoms with Gasteiger partial charge in [-0.1, -0.05) is 69.6 Å². The number of amidine groups is 4. The maximum absolute atomic E-state index is 5.44. The van der Waals surface area contributed by atoms with E-state index in [1.807, 2.05) is 7.05 Å². The fraction of sp³-hybridized carbons (Fsp3) is 0.0588. The predicted octanol–water partition coefficient (Wildman–Crippen LogP) is 3.69. The van der Waals surface area contributed by atoms with Gasteiger partial charge in [-0.25, -0.2) is 4.57 Å². The average Bonchev–Trinajstić information content (AvgIpc) is 3.77. The minimum atomic E-state index is -0.990. The van der Waals surface area contributed by atoms with Gasteiger partial charge in [-0.05, 0) is 42.5 Å². The number of hydrogen-bond acceptors (Lipinski definition) is 4. The van der Waals surface area contributed by atoms with Crippen LogP contribution in [0.4, 0.5) is 5.82 Å². The van der Waals surface area contributed by atoms with Crippen molar-refractivity contribution in [2.75, 3.05) is 7.05 Å². The summed E-state index contributed by atoms with van der Waals surface area (Å²) < 4.78 is 9.25. The van der Waals surface area contributed by atoms with Crippen LogP contribution in [0.15, 0.2) is 123 Å². The first-order valence-corrected chi connectivity index (χ1v) is 14.1. The van der Waals surface area contributed by atoms with E-state index in [2.05, 4.69) is 122 Å². The highest BCUT2D eigenvalue weighted by atomic mass is 15.7. The summed E-state index contributed by atoms with van der Waals surface area (Å²) in [7, 11) is 1.87. The number of rotatable bonds is 0. The van der Waals surface area contributed by atoms with Crippen molar-refractivity contribution in [3.8, 4) is 0 Å². The highest BCUT2D eigenvalue weighted by Gasteiger charge is 2.66. The monoisotopic (exact) mass is 540 g/mol. The third-order valence-corrected chi connectivity index (χ3v) is 9.27. The molecule has 0 saturated carbocycles. The van der Waals surface area contributed by atoms with E-state index in [9.17, 15) is 0 Å². The standard InChI is InChI=1S/C34H20N8/c1-35-27-21-12-4-5-13-22(21)30-37-31-25-16-8-9-17-26(25)33-38-32-24-15-7-6-14-23(24)29-36-28-20-11-3-2-10-19(20)18-39(28)34(40(27)30,41(29)32)42(31)33/h2-18H,1H3/q+2. The minimum absolute atomic E-state index is 0.862. The minimum Gasteiger partial charge on any atom is -0.231 e. The second-order valence-corrected chi connectivity index (χ2v) is 11.2. The molecular weight excluding hydrogens is 520 g/mol. The van der Waals surface area contributed by atoms with Gasteiger partial charge in [0.05, 0.1) is 29.3 Å². The molecule has 11 rings (SSSR count). The van der Waals surface area contributed by atoms with Gasteiger partial charge in [0.2, 0.25) is 16.8 Å². The molecule has 5 aliphatic rings. The highest BCUT2D eigenvalue weighted by molar-refractivity contribution is 6.18. The molecule has 0 radical (unpaired) electrons. The van der Waals surface area contributed by atoms with Crippen molar-refractivity contribution in [1.29, 1.82) is 0 Å². The first-order chi connectivity index (χ1) is 20.8. The second-order valence-electron chi connectivity index (χ2n) is 11.2. The normalized spacial score (nSPS) is 21.0. The summed E-state index contributed by atoms with van der Waals surface area (Å²) in [6.45, 7) is 0. The van der Waals surface area contributed by atoms with E-state index in [4.69, 9.17) is 20.0 Å². The maximum atomic E-state index is 5.44. The van der Waals surface area contributed by atoms with Crippen LogP contribution in [0.1, 0.15) is 22.3 Å². The van der Waals surface area contributed by atoms with Crippen molar-refractivity contribution >= 4 is 50.7 Å². The molecule has 0 aliphatic carbocycles. The lowest BCUT2D eigenvalue weighted by Gasteiger charge is -2.39. The van der Waals surface area contributed by atoms with Gasteiger partial charge in [-0.2, -0.15) is 4.57 Å². The van der Waals surface area contributed by atoms with Gasteiger partial charge in [0, 0.05) is 27.7 Å². The molecule has 0 N–H and O–H groups in total. The molecule has 4 aromatic carbocycles. The van der Waals surface area contributed by atoms with E-state index in [1.165, 1.54) is 0 Å². The third kappa shape index (κ3) is 2.04. The summed E-state index contributed by atoms with van der Waals surface area (Å²) in [4.78, 5) is 21.2. The Bertz CT molecular complexity index is 2590. The molecule has 194 valence electrons. The van der Waals surface area contributed by atoms with Crippen LogP contribution in [0.5, 0.6) is 0 Å². The van der Waals surface area contributed by atoms with Gasteiger partial charge in [0.15, 0.2) is 0 Å². The zero-order chi connectivity index (χ0) is 27.3. The number of aliphatic imine (C=N–C) groups is 2. The SMILES string of the molecule is CN=C1c2ccccc2C2=[N+]1C13n4cc5ccccc5c4N=C4c5ccccc5C(=[N+]41)N=c1c4ccccc4c(n13)=N2. The average molecular weight is 541 g/mol. The topological polar surface area (TPSA) is 65.3 Å². The van der Waals surface area contributed by atoms with Crippen LogP contribution < -0.4 is 11.0 Å². The lowest BCUT2D eigenvalue weighted by molar-refractivity contribution is -0.789. The van der Waals surface area contributed by atoms with E-state index in [0.29, 0.717) is 0 Å². The van der Waals surface area contributed by atoms with Gasteiger partial charge in [0.25, 0.3) is 23.3 Å². The number of aromatic nitrogens is 2. The Morgan fingerprint density at radius 1 is 0.619 bits per heavy atom. The Labute approximate surface area is 238 Å². The maximum Gasteiger partial charge on any atom is 0.402 e. The smallest absolute Gasteiger partial charge is 0.231 e. The molecule has 6 aromatic rings. The molecule has 1 spiro atoms. The van der Waals surface area contributed by atoms with Crippen LogP contribution in [0.2, 0.25) is 0 Å². The Hall–Kier alpha value is -5.76. The number of nitrogens with zero attached hydrogens (tertiary/aromatic N) is 8. The van der Waals surface area contributed by atoms with Crippen LogP contribution in [0.25, 0.3) is 21.5 Å². The van der Waals surface area contributed by atoms with Crippen molar-refractivity contribution in [3.63, 3.8) is 0 Å². The zero-order valence-electron chi connectivity index (χ0n) is 22.4. The Morgan fingerprint density at radius 2 is 1.19 bits per heavy atom. The molecule has 1 unspecified atom stereocenters. The number of hydrogen-bond donors (Lipinski definition) is 0. The van der Waals surface area contributed by atoms with E-state index in [0.717, 1.165) is 83.9 Å². The first-order valence-electron chi connectivity index (χ1n) is 14.1. The van der Waals surface area contributed by atoms with Gasteiger partial charge in [-0.3, -0.25) is 0 Å². The molecule has 0 bridgehead atoms. The van der Waals surface area contributed by atoms with E-state index in [-0.39, 0.29) is 0 Å². The van der Waals surface area contributed by atoms with Crippen LogP contribution >= 0.6 is 0 Å². The summed E-state index contributed by atoms with van der Waals surface area (Å²) in [5.41, 5.74) is 6.02. The largest absolute Gasteiger partial charge is 0.402 e. The number of fused-ring (bicyclic) bond motifs is 11. The van der Waals surface area contributed by atoms with E-state index >= 15 is 0 Å². The summed E-state index contributed by atoms with van der Waals surface area (Å²) in [6, 6.07) is 33.9. The lowest BCUT2D eigenvalue weighted by Crippen LogP contribution is -2.70. The van der Waals surface area contributed by atoms with Gasteiger partial charge >= 0.3 is 5.91 Å². The van der Waals surface area contributed by atoms with E-state index < -0.39 is 5.91 Å². The fourth-order valence-corrected chi connectivity index (χ4v) is 7.68.